The monoisotopic (exact) mass is 416 g/mol. The summed E-state index contributed by atoms with van der Waals surface area (Å²) in [7, 11) is 0. The predicted molar refractivity (Wildman–Crippen MR) is 112 cm³/mol. The molecule has 0 radical (unpaired) electrons. The van der Waals surface area contributed by atoms with E-state index in [1.807, 2.05) is 28.5 Å². The molecule has 0 aromatic carbocycles. The van der Waals surface area contributed by atoms with Crippen molar-refractivity contribution in [2.24, 2.45) is 0 Å². The summed E-state index contributed by atoms with van der Waals surface area (Å²) in [6.07, 6.45) is 1.76. The molecular weight excluding hydrogens is 392 g/mol. The lowest BCUT2D eigenvalue weighted by molar-refractivity contribution is 0.0640. The van der Waals surface area contributed by atoms with Gasteiger partial charge in [0.2, 0.25) is 11.7 Å². The third kappa shape index (κ3) is 4.34. The number of amides is 1. The minimum Gasteiger partial charge on any atom is -0.339 e. The Morgan fingerprint density at radius 2 is 2.07 bits per heavy atom. The van der Waals surface area contributed by atoms with Gasteiger partial charge in [0.05, 0.1) is 9.75 Å². The van der Waals surface area contributed by atoms with Crippen molar-refractivity contribution in [3.63, 3.8) is 0 Å². The maximum Gasteiger partial charge on any atom is 0.264 e. The van der Waals surface area contributed by atoms with Gasteiger partial charge in [-0.1, -0.05) is 11.2 Å². The van der Waals surface area contributed by atoms with Crippen molar-refractivity contribution in [1.29, 1.82) is 0 Å². The van der Waals surface area contributed by atoms with Crippen LogP contribution in [0.25, 0.3) is 10.7 Å². The first kappa shape index (κ1) is 19.3. The average molecular weight is 417 g/mol. The summed E-state index contributed by atoms with van der Waals surface area (Å²) in [5.41, 5.74) is 1.20. The van der Waals surface area contributed by atoms with E-state index in [4.69, 9.17) is 4.52 Å². The van der Waals surface area contributed by atoms with Gasteiger partial charge in [0, 0.05) is 37.5 Å². The molecule has 0 saturated carbocycles. The van der Waals surface area contributed by atoms with E-state index >= 15 is 0 Å². The number of aromatic nitrogens is 2. The van der Waals surface area contributed by atoms with E-state index in [2.05, 4.69) is 28.9 Å². The van der Waals surface area contributed by atoms with Gasteiger partial charge in [-0.2, -0.15) is 4.98 Å². The first-order valence-electron chi connectivity index (χ1n) is 9.55. The van der Waals surface area contributed by atoms with Crippen LogP contribution in [0.5, 0.6) is 0 Å². The molecule has 0 N–H and O–H groups in total. The number of carbonyl (C=O) groups excluding carboxylic acids is 1. The molecule has 4 heterocycles. The second-order valence-corrected chi connectivity index (χ2v) is 9.28. The molecule has 148 valence electrons. The second kappa shape index (κ2) is 8.55. The van der Waals surface area contributed by atoms with Gasteiger partial charge in [0.1, 0.15) is 0 Å². The van der Waals surface area contributed by atoms with Gasteiger partial charge in [-0.25, -0.2) is 0 Å². The summed E-state index contributed by atoms with van der Waals surface area (Å²) in [6, 6.07) is 6.00. The summed E-state index contributed by atoms with van der Waals surface area (Å²) < 4.78 is 5.36. The van der Waals surface area contributed by atoms with Crippen LogP contribution in [0.2, 0.25) is 0 Å². The summed E-state index contributed by atoms with van der Waals surface area (Å²) in [6.45, 7) is 8.53. The number of hydrogen-bond acceptors (Lipinski definition) is 7. The smallest absolute Gasteiger partial charge is 0.264 e. The van der Waals surface area contributed by atoms with Crippen molar-refractivity contribution in [3.05, 3.63) is 44.8 Å². The van der Waals surface area contributed by atoms with Crippen LogP contribution >= 0.6 is 22.7 Å². The van der Waals surface area contributed by atoms with Crippen molar-refractivity contribution in [2.45, 2.75) is 26.7 Å². The number of rotatable bonds is 6. The standard InChI is InChI=1S/C20H24N4O2S2/c1-14-13-17(28-15(14)2)20(25)24-10-8-23(9-11-24)7-3-6-18-21-19(22-26-18)16-5-4-12-27-16/h4-5,12-13H,3,6-11H2,1-2H3. The Hall–Kier alpha value is -2.03. The van der Waals surface area contributed by atoms with Crippen molar-refractivity contribution >= 4 is 28.6 Å². The fourth-order valence-electron chi connectivity index (χ4n) is 3.33. The first-order chi connectivity index (χ1) is 13.6. The third-order valence-corrected chi connectivity index (χ3v) is 7.12. The van der Waals surface area contributed by atoms with Crippen LogP contribution in [0.15, 0.2) is 28.1 Å². The molecular formula is C20H24N4O2S2. The second-order valence-electron chi connectivity index (χ2n) is 7.08. The van der Waals surface area contributed by atoms with Crippen LogP contribution in [-0.4, -0.2) is 58.6 Å². The van der Waals surface area contributed by atoms with E-state index in [1.165, 1.54) is 10.4 Å². The molecule has 0 aliphatic carbocycles. The molecule has 1 aliphatic heterocycles. The van der Waals surface area contributed by atoms with Crippen molar-refractivity contribution in [3.8, 4) is 10.7 Å². The normalized spacial score (nSPS) is 15.3. The van der Waals surface area contributed by atoms with E-state index in [9.17, 15) is 4.79 Å². The molecule has 0 unspecified atom stereocenters. The number of nitrogens with zero attached hydrogens (tertiary/aromatic N) is 4. The van der Waals surface area contributed by atoms with Gasteiger partial charge < -0.3 is 9.42 Å². The number of aryl methyl sites for hydroxylation is 3. The third-order valence-electron chi connectivity index (χ3n) is 5.11. The molecule has 6 nitrogen and oxygen atoms in total. The van der Waals surface area contributed by atoms with E-state index in [1.54, 1.807) is 22.7 Å². The zero-order valence-electron chi connectivity index (χ0n) is 16.2. The maximum absolute atomic E-state index is 12.7. The van der Waals surface area contributed by atoms with E-state index in [0.717, 1.165) is 55.3 Å². The highest BCUT2D eigenvalue weighted by atomic mass is 32.1. The van der Waals surface area contributed by atoms with Crippen molar-refractivity contribution in [2.75, 3.05) is 32.7 Å². The Morgan fingerprint density at radius 3 is 2.75 bits per heavy atom. The number of piperazine rings is 1. The van der Waals surface area contributed by atoms with Crippen LogP contribution in [0, 0.1) is 13.8 Å². The minimum atomic E-state index is 0.174. The van der Waals surface area contributed by atoms with Gasteiger partial charge in [0.15, 0.2) is 0 Å². The Balaban J connectivity index is 1.21. The molecule has 1 saturated heterocycles. The SMILES string of the molecule is Cc1cc(C(=O)N2CCN(CCCc3nc(-c4cccs4)no3)CC2)sc1C. The molecule has 1 aliphatic rings. The van der Waals surface area contributed by atoms with Crippen LogP contribution in [0.3, 0.4) is 0 Å². The summed E-state index contributed by atoms with van der Waals surface area (Å²) in [5.74, 6) is 1.55. The number of carbonyl (C=O) groups is 1. The molecule has 3 aromatic heterocycles. The molecule has 0 spiro atoms. The minimum absolute atomic E-state index is 0.174. The van der Waals surface area contributed by atoms with Gasteiger partial charge in [-0.15, -0.1) is 22.7 Å². The molecule has 28 heavy (non-hydrogen) atoms. The van der Waals surface area contributed by atoms with Gasteiger partial charge in [-0.05, 0) is 49.9 Å². The molecule has 1 fully saturated rings. The fourth-order valence-corrected chi connectivity index (χ4v) is 4.98. The zero-order valence-corrected chi connectivity index (χ0v) is 17.8. The Bertz CT molecular complexity index is 905. The van der Waals surface area contributed by atoms with Crippen LogP contribution in [0.4, 0.5) is 0 Å². The number of hydrogen-bond donors (Lipinski definition) is 0. The van der Waals surface area contributed by atoms with E-state index in [-0.39, 0.29) is 5.91 Å². The number of thiophene rings is 2. The lowest BCUT2D eigenvalue weighted by Crippen LogP contribution is -2.48. The molecule has 0 bridgehead atoms. The van der Waals surface area contributed by atoms with Crippen molar-refractivity contribution < 1.29 is 9.32 Å². The lowest BCUT2D eigenvalue weighted by Gasteiger charge is -2.34. The average Bonchev–Trinajstić information content (AvgIpc) is 3.44. The maximum atomic E-state index is 12.7. The molecule has 1 amide bonds. The van der Waals surface area contributed by atoms with Crippen LogP contribution in [0.1, 0.15) is 32.4 Å². The Morgan fingerprint density at radius 1 is 1.25 bits per heavy atom. The summed E-state index contributed by atoms with van der Waals surface area (Å²) in [4.78, 5) is 24.6. The highest BCUT2D eigenvalue weighted by Gasteiger charge is 2.23. The highest BCUT2D eigenvalue weighted by Crippen LogP contribution is 2.23. The Labute approximate surface area is 172 Å². The molecule has 3 aromatic rings. The first-order valence-corrected chi connectivity index (χ1v) is 11.2. The molecule has 4 rings (SSSR count). The molecule has 8 heteroatoms. The fraction of sp³-hybridized carbons (Fsp3) is 0.450. The van der Waals surface area contributed by atoms with Gasteiger partial charge in [-0.3, -0.25) is 9.69 Å². The summed E-state index contributed by atoms with van der Waals surface area (Å²) in [5, 5.41) is 6.07. The Kier molecular flexibility index (Phi) is 5.89. The van der Waals surface area contributed by atoms with Gasteiger partial charge >= 0.3 is 0 Å². The largest absolute Gasteiger partial charge is 0.339 e. The van der Waals surface area contributed by atoms with Crippen molar-refractivity contribution in [1.82, 2.24) is 19.9 Å². The predicted octanol–water partition coefficient (Wildman–Crippen LogP) is 3.87. The summed E-state index contributed by atoms with van der Waals surface area (Å²) >= 11 is 3.22. The van der Waals surface area contributed by atoms with E-state index in [0.29, 0.717) is 11.7 Å². The van der Waals surface area contributed by atoms with E-state index < -0.39 is 0 Å². The van der Waals surface area contributed by atoms with Gasteiger partial charge in [0.25, 0.3) is 5.91 Å². The molecule has 0 atom stereocenters. The van der Waals surface area contributed by atoms with Crippen LogP contribution in [-0.2, 0) is 6.42 Å². The topological polar surface area (TPSA) is 62.5 Å². The quantitative estimate of drug-likeness (QED) is 0.610. The highest BCUT2D eigenvalue weighted by molar-refractivity contribution is 7.14. The lowest BCUT2D eigenvalue weighted by atomic mass is 10.2. The zero-order chi connectivity index (χ0) is 19.5. The van der Waals surface area contributed by atoms with Crippen LogP contribution < -0.4 is 0 Å².